The minimum absolute atomic E-state index is 0.0157. The zero-order chi connectivity index (χ0) is 12.6. The van der Waals surface area contributed by atoms with Crippen molar-refractivity contribution in [1.82, 2.24) is 5.32 Å². The lowest BCUT2D eigenvalue weighted by Crippen LogP contribution is -2.39. The molecule has 5 heteroatoms. The number of benzene rings is 1. The van der Waals surface area contributed by atoms with E-state index in [0.29, 0.717) is 18.4 Å². The first-order valence-electron chi connectivity index (χ1n) is 5.30. The molecule has 2 rings (SSSR count). The molecule has 0 bridgehead atoms. The number of halogens is 2. The molecule has 0 saturated carbocycles. The van der Waals surface area contributed by atoms with Crippen LogP contribution < -0.4 is 10.1 Å². The molecule has 1 unspecified atom stereocenters. The summed E-state index contributed by atoms with van der Waals surface area (Å²) in [4.78, 5) is 10.5. The van der Waals surface area contributed by atoms with Crippen molar-refractivity contribution in [1.29, 1.82) is 0 Å². The van der Waals surface area contributed by atoms with Crippen molar-refractivity contribution in [2.75, 3.05) is 0 Å². The Morgan fingerprint density at radius 3 is 2.82 bits per heavy atom. The minimum Gasteiger partial charge on any atom is -0.484 e. The molecular weight excluding hydrogens is 228 g/mol. The van der Waals surface area contributed by atoms with Crippen molar-refractivity contribution in [3.8, 4) is 5.75 Å². The van der Waals surface area contributed by atoms with Crippen LogP contribution in [0.2, 0.25) is 0 Å². The van der Waals surface area contributed by atoms with Crippen molar-refractivity contribution < 1.29 is 18.3 Å². The van der Waals surface area contributed by atoms with Crippen LogP contribution >= 0.6 is 0 Å². The van der Waals surface area contributed by atoms with Gasteiger partial charge in [-0.3, -0.25) is 4.79 Å². The monoisotopic (exact) mass is 241 g/mol. The Morgan fingerprint density at radius 1 is 1.47 bits per heavy atom. The van der Waals surface area contributed by atoms with Crippen molar-refractivity contribution in [3.05, 3.63) is 29.3 Å². The quantitative estimate of drug-likeness (QED) is 0.807. The van der Waals surface area contributed by atoms with E-state index >= 15 is 0 Å². The Morgan fingerprint density at radius 2 is 2.18 bits per heavy atom. The third-order valence-corrected chi connectivity index (χ3v) is 2.76. The second kappa shape index (κ2) is 3.98. The number of nitrogens with one attached hydrogen (secondary N) is 1. The summed E-state index contributed by atoms with van der Waals surface area (Å²) < 4.78 is 32.2. The number of hydrogen-bond acceptors (Lipinski definition) is 2. The molecule has 0 spiro atoms. The number of amides is 1. The number of carbonyl (C=O) groups is 1. The molecule has 1 aliphatic rings. The van der Waals surface area contributed by atoms with E-state index in [-0.39, 0.29) is 5.75 Å². The highest BCUT2D eigenvalue weighted by Crippen LogP contribution is 2.41. The maximum absolute atomic E-state index is 13.6. The van der Waals surface area contributed by atoms with Gasteiger partial charge in [-0.2, -0.15) is 0 Å². The Labute approximate surface area is 97.8 Å². The van der Waals surface area contributed by atoms with Gasteiger partial charge in [-0.25, -0.2) is 8.78 Å². The summed E-state index contributed by atoms with van der Waals surface area (Å²) in [7, 11) is 0. The standard InChI is InChI=1S/C12H13F2NO2/c1-12(2)5-10(15-6-16)8-3-7(13)4-9(14)11(8)17-12/h3-4,6,10H,5H2,1-2H3,(H,15,16). The Kier molecular flexibility index (Phi) is 2.77. The van der Waals surface area contributed by atoms with Gasteiger partial charge in [0.25, 0.3) is 0 Å². The molecule has 0 aliphatic carbocycles. The van der Waals surface area contributed by atoms with E-state index < -0.39 is 23.3 Å². The van der Waals surface area contributed by atoms with Crippen LogP contribution in [0.1, 0.15) is 31.9 Å². The fourth-order valence-corrected chi connectivity index (χ4v) is 2.10. The number of hydrogen-bond donors (Lipinski definition) is 1. The highest BCUT2D eigenvalue weighted by Gasteiger charge is 2.35. The van der Waals surface area contributed by atoms with Crippen LogP contribution in [0.15, 0.2) is 12.1 Å². The zero-order valence-electron chi connectivity index (χ0n) is 9.59. The largest absolute Gasteiger partial charge is 0.484 e. The van der Waals surface area contributed by atoms with Gasteiger partial charge in [-0.15, -0.1) is 0 Å². The Balaban J connectivity index is 2.52. The average molecular weight is 241 g/mol. The summed E-state index contributed by atoms with van der Waals surface area (Å²) in [6.45, 7) is 3.58. The van der Waals surface area contributed by atoms with E-state index in [4.69, 9.17) is 4.74 Å². The molecule has 0 saturated heterocycles. The lowest BCUT2D eigenvalue weighted by Gasteiger charge is -2.37. The zero-order valence-corrected chi connectivity index (χ0v) is 9.59. The fraction of sp³-hybridized carbons (Fsp3) is 0.417. The topological polar surface area (TPSA) is 38.3 Å². The molecule has 1 aliphatic heterocycles. The molecule has 1 heterocycles. The second-order valence-corrected chi connectivity index (χ2v) is 4.71. The molecule has 1 atom stereocenters. The summed E-state index contributed by atoms with van der Waals surface area (Å²) in [6, 6.07) is 1.53. The highest BCUT2D eigenvalue weighted by atomic mass is 19.1. The summed E-state index contributed by atoms with van der Waals surface area (Å²) in [5.74, 6) is -1.41. The van der Waals surface area contributed by atoms with Crippen molar-refractivity contribution in [2.45, 2.75) is 31.9 Å². The number of carbonyl (C=O) groups excluding carboxylic acids is 1. The SMILES string of the molecule is CC1(C)CC(NC=O)c2cc(F)cc(F)c2O1. The van der Waals surface area contributed by atoms with E-state index in [1.807, 2.05) is 0 Å². The summed E-state index contributed by atoms with van der Waals surface area (Å²) >= 11 is 0. The van der Waals surface area contributed by atoms with Gasteiger partial charge in [0.2, 0.25) is 6.41 Å². The van der Waals surface area contributed by atoms with Crippen LogP contribution in [0, 0.1) is 11.6 Å². The van der Waals surface area contributed by atoms with E-state index in [1.54, 1.807) is 13.8 Å². The number of fused-ring (bicyclic) bond motifs is 1. The molecule has 1 amide bonds. The molecule has 0 fully saturated rings. The predicted molar refractivity (Wildman–Crippen MR) is 57.6 cm³/mol. The summed E-state index contributed by atoms with van der Waals surface area (Å²) in [5, 5.41) is 2.56. The highest BCUT2D eigenvalue weighted by molar-refractivity contribution is 5.50. The number of rotatable bonds is 2. The van der Waals surface area contributed by atoms with Crippen LogP contribution in [0.5, 0.6) is 5.75 Å². The molecular formula is C12H13F2NO2. The summed E-state index contributed by atoms with van der Waals surface area (Å²) in [6.07, 6.45) is 0.986. The Bertz CT molecular complexity index is 460. The van der Waals surface area contributed by atoms with Crippen molar-refractivity contribution >= 4 is 6.41 Å². The molecule has 0 radical (unpaired) electrons. The first-order valence-corrected chi connectivity index (χ1v) is 5.30. The van der Waals surface area contributed by atoms with Gasteiger partial charge in [0.05, 0.1) is 6.04 Å². The first-order chi connectivity index (χ1) is 7.93. The van der Waals surface area contributed by atoms with E-state index in [0.717, 1.165) is 6.07 Å². The molecule has 92 valence electrons. The predicted octanol–water partition coefficient (Wildman–Crippen LogP) is 2.31. The first kappa shape index (κ1) is 11.8. The third kappa shape index (κ3) is 2.23. The lowest BCUT2D eigenvalue weighted by atomic mass is 9.89. The molecule has 3 nitrogen and oxygen atoms in total. The minimum atomic E-state index is -0.745. The smallest absolute Gasteiger partial charge is 0.207 e. The van der Waals surface area contributed by atoms with Crippen LogP contribution in [0.4, 0.5) is 8.78 Å². The van der Waals surface area contributed by atoms with Gasteiger partial charge in [0, 0.05) is 18.1 Å². The van der Waals surface area contributed by atoms with E-state index in [2.05, 4.69) is 5.32 Å². The van der Waals surface area contributed by atoms with Gasteiger partial charge in [-0.05, 0) is 19.9 Å². The van der Waals surface area contributed by atoms with Gasteiger partial charge >= 0.3 is 0 Å². The van der Waals surface area contributed by atoms with Gasteiger partial charge < -0.3 is 10.1 Å². The molecule has 0 aromatic heterocycles. The maximum Gasteiger partial charge on any atom is 0.207 e. The van der Waals surface area contributed by atoms with Crippen LogP contribution in [-0.2, 0) is 4.79 Å². The van der Waals surface area contributed by atoms with Gasteiger partial charge in [0.1, 0.15) is 11.4 Å². The second-order valence-electron chi connectivity index (χ2n) is 4.71. The van der Waals surface area contributed by atoms with E-state index in [1.165, 1.54) is 6.07 Å². The van der Waals surface area contributed by atoms with Crippen LogP contribution in [0.25, 0.3) is 0 Å². The van der Waals surface area contributed by atoms with Crippen LogP contribution in [-0.4, -0.2) is 12.0 Å². The van der Waals surface area contributed by atoms with Gasteiger partial charge in [-0.1, -0.05) is 0 Å². The maximum atomic E-state index is 13.6. The Hall–Kier alpha value is -1.65. The molecule has 17 heavy (non-hydrogen) atoms. The summed E-state index contributed by atoms with van der Waals surface area (Å²) in [5.41, 5.74) is -0.263. The molecule has 1 aromatic carbocycles. The molecule has 1 N–H and O–H groups in total. The van der Waals surface area contributed by atoms with Crippen molar-refractivity contribution in [3.63, 3.8) is 0 Å². The third-order valence-electron chi connectivity index (χ3n) is 2.76. The lowest BCUT2D eigenvalue weighted by molar-refractivity contribution is -0.110. The fourth-order valence-electron chi connectivity index (χ4n) is 2.10. The normalized spacial score (nSPS) is 21.3. The van der Waals surface area contributed by atoms with E-state index in [9.17, 15) is 13.6 Å². The average Bonchev–Trinajstić information content (AvgIpc) is 2.19. The molecule has 1 aromatic rings. The van der Waals surface area contributed by atoms with Crippen molar-refractivity contribution in [2.24, 2.45) is 0 Å². The number of ether oxygens (including phenoxy) is 1. The van der Waals surface area contributed by atoms with Crippen LogP contribution in [0.3, 0.4) is 0 Å². The van der Waals surface area contributed by atoms with Gasteiger partial charge in [0.15, 0.2) is 11.6 Å².